The number of aromatic nitrogens is 1. The number of pyridine rings is 1. The maximum Gasteiger partial charge on any atom is 0.407 e. The average Bonchev–Trinajstić information content (AvgIpc) is 3.16. The summed E-state index contributed by atoms with van der Waals surface area (Å²) in [7, 11) is 0. The normalized spacial score (nSPS) is 14.6. The molecule has 0 unspecified atom stereocenters. The lowest BCUT2D eigenvalue weighted by Gasteiger charge is -2.15. The molecule has 0 spiro atoms. The minimum absolute atomic E-state index is 0.136. The van der Waals surface area contributed by atoms with E-state index in [1.54, 1.807) is 36.7 Å². The Kier molecular flexibility index (Phi) is 5.61. The molecule has 1 aromatic heterocycles. The number of para-hydroxylation sites is 2. The van der Waals surface area contributed by atoms with Crippen molar-refractivity contribution in [2.75, 3.05) is 11.1 Å². The van der Waals surface area contributed by atoms with Crippen LogP contribution in [0.1, 0.15) is 39.5 Å². The van der Waals surface area contributed by atoms with E-state index in [9.17, 15) is 9.59 Å². The van der Waals surface area contributed by atoms with Gasteiger partial charge >= 0.3 is 6.09 Å². The molecule has 0 radical (unpaired) electrons. The number of fused-ring (bicyclic) bond motifs is 1. The Balaban J connectivity index is 1.38. The van der Waals surface area contributed by atoms with Gasteiger partial charge in [0.15, 0.2) is 0 Å². The van der Waals surface area contributed by atoms with Gasteiger partial charge in [-0.25, -0.2) is 4.79 Å². The van der Waals surface area contributed by atoms with Crippen LogP contribution >= 0.6 is 0 Å². The van der Waals surface area contributed by atoms with Crippen molar-refractivity contribution in [2.24, 2.45) is 0 Å². The van der Waals surface area contributed by atoms with Crippen LogP contribution < -0.4 is 16.4 Å². The minimum atomic E-state index is -0.474. The molecule has 0 fully saturated rings. The van der Waals surface area contributed by atoms with Gasteiger partial charge in [0.1, 0.15) is 6.61 Å². The first kappa shape index (κ1) is 19.4. The highest BCUT2D eigenvalue weighted by Gasteiger charge is 2.25. The van der Waals surface area contributed by atoms with Crippen molar-refractivity contribution in [2.45, 2.75) is 25.5 Å². The summed E-state index contributed by atoms with van der Waals surface area (Å²) in [5, 5.41) is 5.74. The lowest BCUT2D eigenvalue weighted by Crippen LogP contribution is -2.27. The van der Waals surface area contributed by atoms with Crippen LogP contribution in [0.2, 0.25) is 0 Å². The molecule has 4 N–H and O–H groups in total. The monoisotopic (exact) mass is 402 g/mol. The van der Waals surface area contributed by atoms with Crippen LogP contribution in [-0.2, 0) is 17.8 Å². The zero-order chi connectivity index (χ0) is 20.9. The van der Waals surface area contributed by atoms with Gasteiger partial charge in [0.05, 0.1) is 17.4 Å². The maximum atomic E-state index is 12.6. The summed E-state index contributed by atoms with van der Waals surface area (Å²) in [4.78, 5) is 28.7. The van der Waals surface area contributed by atoms with Gasteiger partial charge in [-0.3, -0.25) is 9.78 Å². The third-order valence-electron chi connectivity index (χ3n) is 5.08. The van der Waals surface area contributed by atoms with Crippen molar-refractivity contribution in [1.29, 1.82) is 0 Å². The molecular weight excluding hydrogens is 380 g/mol. The van der Waals surface area contributed by atoms with Crippen molar-refractivity contribution < 1.29 is 14.3 Å². The Morgan fingerprint density at radius 1 is 1.13 bits per heavy atom. The Morgan fingerprint density at radius 3 is 2.80 bits per heavy atom. The Labute approximate surface area is 174 Å². The van der Waals surface area contributed by atoms with Gasteiger partial charge in [0.2, 0.25) is 0 Å². The van der Waals surface area contributed by atoms with Crippen LogP contribution in [0.3, 0.4) is 0 Å². The van der Waals surface area contributed by atoms with Crippen LogP contribution in [0.15, 0.2) is 67.0 Å². The van der Waals surface area contributed by atoms with E-state index in [4.69, 9.17) is 10.5 Å². The highest BCUT2D eigenvalue weighted by Crippen LogP contribution is 2.32. The smallest absolute Gasteiger partial charge is 0.407 e. The van der Waals surface area contributed by atoms with Gasteiger partial charge < -0.3 is 21.1 Å². The zero-order valence-electron chi connectivity index (χ0n) is 16.3. The summed E-state index contributed by atoms with van der Waals surface area (Å²) in [5.74, 6) is -0.219. The SMILES string of the molecule is Nc1ccccc1NC(=O)c1ccc2c(c1)CC[C@H]2NC(=O)OCc1cccnc1. The molecule has 4 rings (SSSR count). The number of carbonyl (C=O) groups is 2. The number of aryl methyl sites for hydroxylation is 1. The fourth-order valence-corrected chi connectivity index (χ4v) is 3.53. The number of hydrogen-bond donors (Lipinski definition) is 3. The molecule has 3 aromatic rings. The highest BCUT2D eigenvalue weighted by atomic mass is 16.5. The number of benzene rings is 2. The molecule has 0 aliphatic heterocycles. The number of nitrogens with two attached hydrogens (primary N) is 1. The second kappa shape index (κ2) is 8.65. The molecule has 1 heterocycles. The maximum absolute atomic E-state index is 12.6. The van der Waals surface area contributed by atoms with E-state index in [2.05, 4.69) is 15.6 Å². The Bertz CT molecular complexity index is 1070. The standard InChI is InChI=1S/C23H22N4O3/c24-19-5-1-2-6-21(19)26-22(28)17-7-9-18-16(12-17)8-10-20(18)27-23(29)30-14-15-4-3-11-25-13-15/h1-7,9,11-13,20H,8,10,14,24H2,(H,26,28)(H,27,29)/t20-/m1/s1. The van der Waals surface area contributed by atoms with E-state index in [0.717, 1.165) is 29.5 Å². The molecule has 0 bridgehead atoms. The molecule has 1 aliphatic rings. The van der Waals surface area contributed by atoms with Gasteiger partial charge in [-0.2, -0.15) is 0 Å². The first-order valence-corrected chi connectivity index (χ1v) is 9.71. The molecule has 152 valence electrons. The number of nitrogens with one attached hydrogen (secondary N) is 2. The minimum Gasteiger partial charge on any atom is -0.445 e. The van der Waals surface area contributed by atoms with E-state index in [1.807, 2.05) is 30.3 Å². The molecule has 0 saturated carbocycles. The van der Waals surface area contributed by atoms with Gasteiger partial charge in [-0.15, -0.1) is 0 Å². The third kappa shape index (κ3) is 4.41. The number of alkyl carbamates (subject to hydrolysis) is 1. The van der Waals surface area contributed by atoms with Crippen LogP contribution in [0.5, 0.6) is 0 Å². The van der Waals surface area contributed by atoms with Crippen molar-refractivity contribution in [3.63, 3.8) is 0 Å². The largest absolute Gasteiger partial charge is 0.445 e. The van der Waals surface area contributed by atoms with E-state index < -0.39 is 6.09 Å². The van der Waals surface area contributed by atoms with Crippen molar-refractivity contribution >= 4 is 23.4 Å². The van der Waals surface area contributed by atoms with Crippen molar-refractivity contribution in [3.05, 3.63) is 89.2 Å². The fraction of sp³-hybridized carbons (Fsp3) is 0.174. The number of carbonyl (C=O) groups excluding carboxylic acids is 2. The number of amides is 2. The van der Waals surface area contributed by atoms with Gasteiger partial charge in [0.25, 0.3) is 5.91 Å². The summed E-state index contributed by atoms with van der Waals surface area (Å²) in [5.41, 5.74) is 10.4. The predicted molar refractivity (Wildman–Crippen MR) is 114 cm³/mol. The molecule has 2 amide bonds. The summed E-state index contributed by atoms with van der Waals surface area (Å²) >= 11 is 0. The van der Waals surface area contributed by atoms with Crippen molar-refractivity contribution in [3.8, 4) is 0 Å². The van der Waals surface area contributed by atoms with Gasteiger partial charge in [-0.05, 0) is 54.3 Å². The summed E-state index contributed by atoms with van der Waals surface area (Å²) in [6.07, 6.45) is 4.39. The number of nitrogen functional groups attached to an aromatic ring is 1. The first-order valence-electron chi connectivity index (χ1n) is 9.71. The molecule has 0 saturated heterocycles. The van der Waals surface area contributed by atoms with E-state index >= 15 is 0 Å². The molecule has 30 heavy (non-hydrogen) atoms. The third-order valence-corrected chi connectivity index (χ3v) is 5.08. The van der Waals surface area contributed by atoms with E-state index in [0.29, 0.717) is 16.9 Å². The molecule has 2 aromatic carbocycles. The number of anilines is 2. The summed E-state index contributed by atoms with van der Waals surface area (Å²) in [6, 6.07) is 16.2. The van der Waals surface area contributed by atoms with Gasteiger partial charge in [-0.1, -0.05) is 24.3 Å². The lowest BCUT2D eigenvalue weighted by atomic mass is 10.0. The number of hydrogen-bond acceptors (Lipinski definition) is 5. The predicted octanol–water partition coefficient (Wildman–Crippen LogP) is 3.83. The first-order chi connectivity index (χ1) is 14.6. The van der Waals surface area contributed by atoms with E-state index in [1.165, 1.54) is 0 Å². The molecule has 1 aliphatic carbocycles. The highest BCUT2D eigenvalue weighted by molar-refractivity contribution is 6.05. The molecule has 7 heteroatoms. The van der Waals surface area contributed by atoms with E-state index in [-0.39, 0.29) is 18.6 Å². The average molecular weight is 402 g/mol. The lowest BCUT2D eigenvalue weighted by molar-refractivity contribution is 0.102. The zero-order valence-corrected chi connectivity index (χ0v) is 16.3. The molecule has 1 atom stereocenters. The van der Waals surface area contributed by atoms with Crippen LogP contribution in [0, 0.1) is 0 Å². The number of ether oxygens (including phenoxy) is 1. The fourth-order valence-electron chi connectivity index (χ4n) is 3.53. The van der Waals surface area contributed by atoms with Crippen LogP contribution in [0.25, 0.3) is 0 Å². The molecular formula is C23H22N4O3. The Morgan fingerprint density at radius 2 is 2.00 bits per heavy atom. The number of rotatable bonds is 5. The molecule has 7 nitrogen and oxygen atoms in total. The quantitative estimate of drug-likeness (QED) is 0.563. The Hall–Kier alpha value is -3.87. The van der Waals surface area contributed by atoms with Gasteiger partial charge in [0, 0.05) is 23.5 Å². The topological polar surface area (TPSA) is 106 Å². The van der Waals surface area contributed by atoms with Crippen LogP contribution in [-0.4, -0.2) is 17.0 Å². The van der Waals surface area contributed by atoms with Crippen LogP contribution in [0.4, 0.5) is 16.2 Å². The summed E-state index contributed by atoms with van der Waals surface area (Å²) < 4.78 is 5.28. The number of nitrogens with zero attached hydrogens (tertiary/aromatic N) is 1. The second-order valence-corrected chi connectivity index (χ2v) is 7.13. The van der Waals surface area contributed by atoms with Crippen molar-refractivity contribution in [1.82, 2.24) is 10.3 Å². The second-order valence-electron chi connectivity index (χ2n) is 7.13. The summed E-state index contributed by atoms with van der Waals surface area (Å²) in [6.45, 7) is 0.168.